The molecular formula is C41H26N2O2. The Hall–Kier alpha value is -6.13. The molecule has 45 heavy (non-hydrogen) atoms. The molecule has 0 spiro atoms. The minimum atomic E-state index is -0.446. The monoisotopic (exact) mass is 583 g/mol. The summed E-state index contributed by atoms with van der Waals surface area (Å²) < 4.78 is 55.5. The number of hydrogen-bond acceptors (Lipinski definition) is 4. The Labute approximate surface area is 266 Å². The fourth-order valence-electron chi connectivity index (χ4n) is 6.07. The molecule has 9 aromatic rings. The van der Waals surface area contributed by atoms with E-state index in [2.05, 4.69) is 6.07 Å². The van der Waals surface area contributed by atoms with E-state index in [1.165, 1.54) is 0 Å². The molecule has 0 saturated carbocycles. The van der Waals surface area contributed by atoms with Crippen molar-refractivity contribution >= 4 is 60.9 Å². The van der Waals surface area contributed by atoms with Gasteiger partial charge in [0, 0.05) is 44.3 Å². The number of anilines is 3. The highest BCUT2D eigenvalue weighted by Crippen LogP contribution is 2.41. The number of furan rings is 1. The maximum absolute atomic E-state index is 8.91. The van der Waals surface area contributed by atoms with Crippen molar-refractivity contribution in [1.82, 2.24) is 4.98 Å². The third kappa shape index (κ3) is 4.27. The molecule has 4 nitrogen and oxygen atoms in total. The largest absolute Gasteiger partial charge is 0.455 e. The topological polar surface area (TPSA) is 42.4 Å². The van der Waals surface area contributed by atoms with E-state index in [9.17, 15) is 0 Å². The third-order valence-corrected chi connectivity index (χ3v) is 8.19. The highest BCUT2D eigenvalue weighted by molar-refractivity contribution is 6.15. The molecule has 0 atom stereocenters. The third-order valence-electron chi connectivity index (χ3n) is 8.19. The molecule has 0 N–H and O–H groups in total. The van der Waals surface area contributed by atoms with Crippen molar-refractivity contribution in [3.63, 3.8) is 0 Å². The van der Waals surface area contributed by atoms with E-state index < -0.39 is 18.1 Å². The number of rotatable bonds is 5. The number of benzene rings is 7. The summed E-state index contributed by atoms with van der Waals surface area (Å²) in [6.07, 6.45) is 0. The predicted molar refractivity (Wildman–Crippen MR) is 184 cm³/mol. The smallest absolute Gasteiger partial charge is 0.227 e. The molecule has 0 radical (unpaired) electrons. The normalized spacial score (nSPS) is 13.1. The van der Waals surface area contributed by atoms with Crippen molar-refractivity contribution in [2.75, 3.05) is 4.90 Å². The van der Waals surface area contributed by atoms with Crippen LogP contribution in [0.25, 0.3) is 66.4 Å². The van der Waals surface area contributed by atoms with E-state index >= 15 is 0 Å². The van der Waals surface area contributed by atoms with Crippen LogP contribution in [0.3, 0.4) is 0 Å². The summed E-state index contributed by atoms with van der Waals surface area (Å²) in [6.45, 7) is 0. The lowest BCUT2D eigenvalue weighted by Crippen LogP contribution is -2.09. The van der Waals surface area contributed by atoms with Gasteiger partial charge in [0.1, 0.15) is 16.7 Å². The molecule has 0 fully saturated rings. The highest BCUT2D eigenvalue weighted by Gasteiger charge is 2.18. The van der Waals surface area contributed by atoms with Gasteiger partial charge in [0.2, 0.25) is 5.89 Å². The molecule has 212 valence electrons. The van der Waals surface area contributed by atoms with Crippen LogP contribution >= 0.6 is 0 Å². The summed E-state index contributed by atoms with van der Waals surface area (Å²) in [5, 5.41) is 3.84. The number of para-hydroxylation sites is 2. The van der Waals surface area contributed by atoms with E-state index in [4.69, 9.17) is 20.7 Å². The van der Waals surface area contributed by atoms with Gasteiger partial charge in [0.15, 0.2) is 5.58 Å². The van der Waals surface area contributed by atoms with E-state index in [0.29, 0.717) is 28.4 Å². The minimum absolute atomic E-state index is 0.0486. The Morgan fingerprint density at radius 3 is 2.20 bits per heavy atom. The van der Waals surface area contributed by atoms with Crippen LogP contribution in [0.2, 0.25) is 0 Å². The van der Waals surface area contributed by atoms with Gasteiger partial charge in [-0.2, -0.15) is 0 Å². The lowest BCUT2D eigenvalue weighted by Gasteiger charge is -2.25. The molecule has 2 heterocycles. The van der Waals surface area contributed by atoms with Gasteiger partial charge < -0.3 is 13.7 Å². The van der Waals surface area contributed by atoms with E-state index in [0.717, 1.165) is 49.3 Å². The summed E-state index contributed by atoms with van der Waals surface area (Å²) in [5.41, 5.74) is 6.78. The number of nitrogens with zero attached hydrogens (tertiary/aromatic N) is 2. The summed E-state index contributed by atoms with van der Waals surface area (Å²) >= 11 is 0. The molecule has 9 rings (SSSR count). The van der Waals surface area contributed by atoms with Crippen molar-refractivity contribution in [2.45, 2.75) is 0 Å². The molecule has 0 unspecified atom stereocenters. The summed E-state index contributed by atoms with van der Waals surface area (Å²) in [4.78, 5) is 6.55. The maximum Gasteiger partial charge on any atom is 0.227 e. The second-order valence-corrected chi connectivity index (χ2v) is 10.8. The van der Waals surface area contributed by atoms with E-state index in [1.807, 2.05) is 121 Å². The van der Waals surface area contributed by atoms with Gasteiger partial charge >= 0.3 is 0 Å². The van der Waals surface area contributed by atoms with Crippen molar-refractivity contribution in [3.8, 4) is 22.6 Å². The van der Waals surface area contributed by atoms with E-state index in [1.54, 1.807) is 4.90 Å². The Morgan fingerprint density at radius 1 is 0.533 bits per heavy atom. The van der Waals surface area contributed by atoms with Crippen LogP contribution in [0.15, 0.2) is 166 Å². The van der Waals surface area contributed by atoms with Gasteiger partial charge in [-0.1, -0.05) is 90.9 Å². The van der Waals surface area contributed by atoms with Crippen molar-refractivity contribution in [3.05, 3.63) is 158 Å². The predicted octanol–water partition coefficient (Wildman–Crippen LogP) is 11.7. The number of oxazole rings is 1. The molecule has 0 saturated heterocycles. The Balaban J connectivity index is 1.21. The molecule has 0 aliphatic carbocycles. The average Bonchev–Trinajstić information content (AvgIpc) is 3.77. The SMILES string of the molecule is [2H]c1c([2H])c([2H])c(N(c2ccc(-c3cccc4oc(-c5ccccc5)nc34)cc2)c2ccc3oc4c5ccccc5ccc4c3c2)c([2H])c1[2H]. The fraction of sp³-hybridized carbons (Fsp3) is 0. The molecule has 0 aliphatic rings. The van der Waals surface area contributed by atoms with Crippen LogP contribution in [-0.4, -0.2) is 4.98 Å². The summed E-state index contributed by atoms with van der Waals surface area (Å²) in [7, 11) is 0. The zero-order chi connectivity index (χ0) is 34.1. The minimum Gasteiger partial charge on any atom is -0.455 e. The molecule has 4 heteroatoms. The number of hydrogen-bond donors (Lipinski definition) is 0. The van der Waals surface area contributed by atoms with E-state index in [-0.39, 0.29) is 17.8 Å². The van der Waals surface area contributed by atoms with Gasteiger partial charge in [-0.15, -0.1) is 0 Å². The van der Waals surface area contributed by atoms with Crippen molar-refractivity contribution < 1.29 is 15.7 Å². The first kappa shape index (κ1) is 20.7. The van der Waals surface area contributed by atoms with Crippen LogP contribution in [0.4, 0.5) is 17.1 Å². The Kier molecular flexibility index (Phi) is 4.72. The number of fused-ring (bicyclic) bond motifs is 6. The number of aromatic nitrogens is 1. The summed E-state index contributed by atoms with van der Waals surface area (Å²) in [6, 6.07) is 39.2. The lowest BCUT2D eigenvalue weighted by molar-refractivity contribution is 0.620. The Bertz CT molecular complexity index is 2750. The van der Waals surface area contributed by atoms with Crippen LogP contribution < -0.4 is 4.90 Å². The molecule has 7 aromatic carbocycles. The molecule has 2 aromatic heterocycles. The van der Waals surface area contributed by atoms with Crippen LogP contribution in [0, 0.1) is 0 Å². The van der Waals surface area contributed by atoms with Gasteiger partial charge in [-0.25, -0.2) is 4.98 Å². The maximum atomic E-state index is 8.91. The molecular weight excluding hydrogens is 552 g/mol. The molecule has 0 amide bonds. The van der Waals surface area contributed by atoms with Gasteiger partial charge in [-0.3, -0.25) is 0 Å². The summed E-state index contributed by atoms with van der Waals surface area (Å²) in [5.74, 6) is 0.534. The Morgan fingerprint density at radius 2 is 1.33 bits per heavy atom. The van der Waals surface area contributed by atoms with Crippen LogP contribution in [0.5, 0.6) is 0 Å². The molecule has 0 aliphatic heterocycles. The van der Waals surface area contributed by atoms with Gasteiger partial charge in [0.25, 0.3) is 0 Å². The zero-order valence-corrected chi connectivity index (χ0v) is 23.8. The second-order valence-electron chi connectivity index (χ2n) is 10.8. The quantitative estimate of drug-likeness (QED) is 0.202. The highest BCUT2D eigenvalue weighted by atomic mass is 16.3. The lowest BCUT2D eigenvalue weighted by atomic mass is 10.0. The first-order valence-corrected chi connectivity index (χ1v) is 14.6. The average molecular weight is 584 g/mol. The van der Waals surface area contributed by atoms with Gasteiger partial charge in [-0.05, 0) is 77.6 Å². The van der Waals surface area contributed by atoms with Crippen molar-refractivity contribution in [1.29, 1.82) is 0 Å². The molecule has 0 bridgehead atoms. The van der Waals surface area contributed by atoms with Crippen molar-refractivity contribution in [2.24, 2.45) is 0 Å². The standard InChI is InChI=1S/C41H26N2O2/c1-3-11-29(12-4-1)41-42-39-33(16-9-17-38(39)45-41)28-18-21-31(22-19-28)43(30-13-5-2-6-14-30)32-23-25-37-36(26-32)35-24-20-27-10-7-8-15-34(27)40(35)44-37/h1-26H/i2D,5D,6D,13D,14D. The first-order chi connectivity index (χ1) is 24.4. The first-order valence-electron chi connectivity index (χ1n) is 17.1. The van der Waals surface area contributed by atoms with Crippen LogP contribution in [-0.2, 0) is 0 Å². The zero-order valence-electron chi connectivity index (χ0n) is 28.8. The second kappa shape index (κ2) is 10.2. The fourth-order valence-corrected chi connectivity index (χ4v) is 6.07. The van der Waals surface area contributed by atoms with Gasteiger partial charge in [0.05, 0.1) is 6.85 Å². The van der Waals surface area contributed by atoms with Crippen LogP contribution in [0.1, 0.15) is 6.85 Å².